The standard InChI is InChI=1S/C33H43N7O4.C2HF3O2/c34-28(14-15-30(35)41)31(42)39-29(18-22-7-2-1-3-8-22)32(43)40-20-27(19-26(40)11-6-16-38-33(36)37)44-21-23-12-13-24-9-4-5-10-25(24)17-23;3-2(4,5)1(6)7/h1-5,7-10,12-13,17,26-29H,6,11,14-16,18-21,34H2,(H2,35,41)(H,39,42)(H4,36,37,38);(H,6,7)/t26-,27+,28+,29+;/m0./s1. The van der Waals surface area contributed by atoms with E-state index in [-0.39, 0.29) is 43.3 Å². The van der Waals surface area contributed by atoms with Crippen molar-refractivity contribution in [3.63, 3.8) is 0 Å². The Bertz CT molecular complexity index is 1650. The molecule has 0 radical (unpaired) electrons. The van der Waals surface area contributed by atoms with Crippen LogP contribution in [0.4, 0.5) is 13.2 Å². The number of ether oxygens (including phenoxy) is 1. The molecule has 1 aliphatic rings. The summed E-state index contributed by atoms with van der Waals surface area (Å²) in [6, 6.07) is 21.9. The SMILES string of the molecule is NC(=O)CC[C@@H](N)C(=O)N[C@H](Cc1ccccc1)C(=O)N1C[C@H](OCc2ccc3ccccc3c2)C[C@@H]1CCCN=C(N)N.O=C(O)C(F)(F)F. The molecule has 0 aliphatic carbocycles. The molecule has 1 heterocycles. The highest BCUT2D eigenvalue weighted by Gasteiger charge is 2.39. The zero-order chi connectivity index (χ0) is 37.6. The van der Waals surface area contributed by atoms with Crippen molar-refractivity contribution in [2.24, 2.45) is 27.9 Å². The molecule has 3 amide bonds. The lowest BCUT2D eigenvalue weighted by Crippen LogP contribution is -2.54. The van der Waals surface area contributed by atoms with Gasteiger partial charge in [0.1, 0.15) is 6.04 Å². The number of primary amides is 1. The summed E-state index contributed by atoms with van der Waals surface area (Å²) in [5.41, 5.74) is 24.2. The van der Waals surface area contributed by atoms with Gasteiger partial charge in [0, 0.05) is 32.0 Å². The van der Waals surface area contributed by atoms with Gasteiger partial charge < -0.3 is 43.0 Å². The third-order valence-corrected chi connectivity index (χ3v) is 8.13. The molecule has 1 saturated heterocycles. The highest BCUT2D eigenvalue weighted by molar-refractivity contribution is 5.90. The van der Waals surface area contributed by atoms with E-state index >= 15 is 0 Å². The number of likely N-dealkylation sites (tertiary alicyclic amines) is 1. The third-order valence-electron chi connectivity index (χ3n) is 8.13. The van der Waals surface area contributed by atoms with Gasteiger partial charge in [0.2, 0.25) is 17.7 Å². The van der Waals surface area contributed by atoms with Gasteiger partial charge in [-0.1, -0.05) is 66.7 Å². The minimum absolute atomic E-state index is 0.0217. The van der Waals surface area contributed by atoms with Gasteiger partial charge >= 0.3 is 12.1 Å². The molecule has 13 nitrogen and oxygen atoms in total. The summed E-state index contributed by atoms with van der Waals surface area (Å²) in [6.45, 7) is 1.24. The molecular weight excluding hydrogens is 671 g/mol. The summed E-state index contributed by atoms with van der Waals surface area (Å²) in [4.78, 5) is 53.2. The average Bonchev–Trinajstić information content (AvgIpc) is 3.50. The molecule has 1 fully saturated rings. The molecule has 3 aromatic rings. The van der Waals surface area contributed by atoms with E-state index in [1.165, 1.54) is 0 Å². The Balaban J connectivity index is 0.000000908. The van der Waals surface area contributed by atoms with Gasteiger partial charge in [0.15, 0.2) is 5.96 Å². The predicted molar refractivity (Wildman–Crippen MR) is 185 cm³/mol. The number of carboxylic acids is 1. The second-order valence-corrected chi connectivity index (χ2v) is 12.1. The van der Waals surface area contributed by atoms with Crippen molar-refractivity contribution < 1.29 is 42.2 Å². The van der Waals surface area contributed by atoms with Crippen LogP contribution in [-0.2, 0) is 36.9 Å². The number of carboxylic acid groups (broad SMARTS) is 1. The molecule has 4 atom stereocenters. The lowest BCUT2D eigenvalue weighted by atomic mass is 10.0. The number of nitrogens with zero attached hydrogens (tertiary/aromatic N) is 2. The predicted octanol–water partition coefficient (Wildman–Crippen LogP) is 2.33. The van der Waals surface area contributed by atoms with Gasteiger partial charge in [-0.25, -0.2) is 4.79 Å². The van der Waals surface area contributed by atoms with Crippen molar-refractivity contribution in [2.75, 3.05) is 13.1 Å². The van der Waals surface area contributed by atoms with Gasteiger partial charge in [0.05, 0.1) is 18.8 Å². The number of fused-ring (bicyclic) bond motifs is 1. The average molecular weight is 716 g/mol. The van der Waals surface area contributed by atoms with E-state index in [1.807, 2.05) is 47.4 Å². The van der Waals surface area contributed by atoms with E-state index < -0.39 is 36.0 Å². The van der Waals surface area contributed by atoms with Gasteiger partial charge in [-0.05, 0) is 53.6 Å². The Hall–Kier alpha value is -5.22. The number of amides is 3. The van der Waals surface area contributed by atoms with Gasteiger partial charge in [0.25, 0.3) is 0 Å². The molecule has 0 spiro atoms. The van der Waals surface area contributed by atoms with Crippen LogP contribution in [0, 0.1) is 0 Å². The van der Waals surface area contributed by atoms with Crippen molar-refractivity contribution >= 4 is 40.4 Å². The molecule has 0 bridgehead atoms. The monoisotopic (exact) mass is 715 g/mol. The number of hydrogen-bond donors (Lipinski definition) is 6. The van der Waals surface area contributed by atoms with Crippen molar-refractivity contribution in [1.29, 1.82) is 0 Å². The van der Waals surface area contributed by atoms with Crippen LogP contribution in [0.3, 0.4) is 0 Å². The minimum Gasteiger partial charge on any atom is -0.475 e. The first-order valence-corrected chi connectivity index (χ1v) is 16.3. The smallest absolute Gasteiger partial charge is 0.475 e. The van der Waals surface area contributed by atoms with Crippen LogP contribution in [-0.4, -0.2) is 83.2 Å². The number of hydrogen-bond acceptors (Lipinski definition) is 7. The molecule has 0 saturated carbocycles. The topological polar surface area (TPSA) is 229 Å². The molecule has 0 aromatic heterocycles. The Morgan fingerprint density at radius 3 is 2.24 bits per heavy atom. The van der Waals surface area contributed by atoms with Crippen LogP contribution < -0.4 is 28.3 Å². The van der Waals surface area contributed by atoms with Crippen LogP contribution in [0.5, 0.6) is 0 Å². The number of nitrogens with two attached hydrogens (primary N) is 4. The zero-order valence-electron chi connectivity index (χ0n) is 27.9. The van der Waals surface area contributed by atoms with E-state index in [4.69, 9.17) is 37.6 Å². The van der Waals surface area contributed by atoms with E-state index in [9.17, 15) is 27.6 Å². The first kappa shape index (κ1) is 40.2. The lowest BCUT2D eigenvalue weighted by molar-refractivity contribution is -0.192. The number of carbonyl (C=O) groups is 4. The van der Waals surface area contributed by atoms with Crippen molar-refractivity contribution in [3.8, 4) is 0 Å². The number of aliphatic carboxylic acids is 1. The fraction of sp³-hybridized carbons (Fsp3) is 0.400. The highest BCUT2D eigenvalue weighted by atomic mass is 19.4. The fourth-order valence-electron chi connectivity index (χ4n) is 5.57. The third kappa shape index (κ3) is 13.5. The van der Waals surface area contributed by atoms with Crippen molar-refractivity contribution in [3.05, 3.63) is 83.9 Å². The van der Waals surface area contributed by atoms with Gasteiger partial charge in [-0.3, -0.25) is 19.4 Å². The first-order valence-electron chi connectivity index (χ1n) is 16.3. The maximum atomic E-state index is 14.2. The molecule has 10 N–H and O–H groups in total. The molecule has 4 rings (SSSR count). The summed E-state index contributed by atoms with van der Waals surface area (Å²) >= 11 is 0. The fourth-order valence-corrected chi connectivity index (χ4v) is 5.57. The Morgan fingerprint density at radius 1 is 0.961 bits per heavy atom. The molecule has 0 unspecified atom stereocenters. The first-order chi connectivity index (χ1) is 24.1. The number of nitrogens with one attached hydrogen (secondary N) is 1. The summed E-state index contributed by atoms with van der Waals surface area (Å²) in [7, 11) is 0. The second kappa shape index (κ2) is 19.2. The Morgan fingerprint density at radius 2 is 1.61 bits per heavy atom. The highest BCUT2D eigenvalue weighted by Crippen LogP contribution is 2.27. The lowest BCUT2D eigenvalue weighted by Gasteiger charge is -2.30. The molecule has 1 aliphatic heterocycles. The van der Waals surface area contributed by atoms with Gasteiger partial charge in [-0.15, -0.1) is 0 Å². The van der Waals surface area contributed by atoms with Gasteiger partial charge in [-0.2, -0.15) is 13.2 Å². The minimum atomic E-state index is -5.08. The normalized spacial score (nSPS) is 16.7. The van der Waals surface area contributed by atoms with Crippen LogP contribution >= 0.6 is 0 Å². The molecular formula is C35H44F3N7O6. The van der Waals surface area contributed by atoms with Crippen molar-refractivity contribution in [2.45, 2.75) is 75.5 Å². The maximum absolute atomic E-state index is 14.2. The number of alkyl halides is 3. The molecule has 276 valence electrons. The second-order valence-electron chi connectivity index (χ2n) is 12.1. The van der Waals surface area contributed by atoms with Crippen LogP contribution in [0.2, 0.25) is 0 Å². The summed E-state index contributed by atoms with van der Waals surface area (Å²) in [5.74, 6) is -3.99. The number of guanidine groups is 1. The van der Waals surface area contributed by atoms with Crippen molar-refractivity contribution in [1.82, 2.24) is 10.2 Å². The maximum Gasteiger partial charge on any atom is 0.490 e. The number of carbonyl (C=O) groups excluding carboxylic acids is 3. The number of benzene rings is 3. The molecule has 3 aromatic carbocycles. The zero-order valence-corrected chi connectivity index (χ0v) is 27.9. The van der Waals surface area contributed by atoms with E-state index in [0.717, 1.165) is 21.9 Å². The summed E-state index contributed by atoms with van der Waals surface area (Å²) in [6.07, 6.45) is -2.93. The molecule has 51 heavy (non-hydrogen) atoms. The Kier molecular flexibility index (Phi) is 15.2. The van der Waals surface area contributed by atoms with E-state index in [1.54, 1.807) is 0 Å². The molecule has 16 heteroatoms. The van der Waals surface area contributed by atoms with E-state index in [2.05, 4.69) is 40.6 Å². The summed E-state index contributed by atoms with van der Waals surface area (Å²) in [5, 5.41) is 12.3. The summed E-state index contributed by atoms with van der Waals surface area (Å²) < 4.78 is 38.1. The number of halogens is 3. The number of rotatable bonds is 15. The Labute approximate surface area is 293 Å². The van der Waals surface area contributed by atoms with Crippen LogP contribution in [0.1, 0.15) is 43.2 Å². The number of aliphatic imine (C=N–C) groups is 1. The van der Waals surface area contributed by atoms with E-state index in [0.29, 0.717) is 39.0 Å². The van der Waals surface area contributed by atoms with Crippen LogP contribution in [0.15, 0.2) is 77.8 Å². The van der Waals surface area contributed by atoms with Crippen LogP contribution in [0.25, 0.3) is 10.8 Å². The quantitative estimate of drug-likeness (QED) is 0.0770. The largest absolute Gasteiger partial charge is 0.490 e.